The van der Waals surface area contributed by atoms with Gasteiger partial charge in [0.15, 0.2) is 11.0 Å². The van der Waals surface area contributed by atoms with Gasteiger partial charge in [0, 0.05) is 25.9 Å². The molecule has 0 aliphatic heterocycles. The number of carbonyl (C=O) groups excluding carboxylic acids is 1. The van der Waals surface area contributed by atoms with Crippen molar-refractivity contribution in [2.24, 2.45) is 0 Å². The monoisotopic (exact) mass is 386 g/mol. The molecule has 0 fully saturated rings. The van der Waals surface area contributed by atoms with Crippen LogP contribution >= 0.6 is 11.8 Å². The van der Waals surface area contributed by atoms with Gasteiger partial charge in [-0.05, 0) is 31.5 Å². The number of aryl methyl sites for hydroxylation is 1. The van der Waals surface area contributed by atoms with Gasteiger partial charge in [-0.15, -0.1) is 10.2 Å². The molecule has 0 spiro atoms. The van der Waals surface area contributed by atoms with Gasteiger partial charge in [-0.2, -0.15) is 0 Å². The van der Waals surface area contributed by atoms with Crippen LogP contribution in [0.3, 0.4) is 0 Å². The molecule has 0 bridgehead atoms. The molecule has 0 saturated heterocycles. The van der Waals surface area contributed by atoms with Gasteiger partial charge in [0.2, 0.25) is 5.91 Å². The number of hydrogen-bond donors (Lipinski definition) is 1. The van der Waals surface area contributed by atoms with E-state index < -0.39 is 0 Å². The molecule has 0 saturated carbocycles. The third-order valence-electron chi connectivity index (χ3n) is 3.94. The van der Waals surface area contributed by atoms with Crippen LogP contribution in [0.4, 0.5) is 5.69 Å². The highest BCUT2D eigenvalue weighted by Gasteiger charge is 2.18. The van der Waals surface area contributed by atoms with E-state index >= 15 is 0 Å². The van der Waals surface area contributed by atoms with Crippen molar-refractivity contribution < 1.29 is 13.9 Å². The largest absolute Gasteiger partial charge is 0.469 e. The van der Waals surface area contributed by atoms with Crippen LogP contribution in [0.25, 0.3) is 11.4 Å². The van der Waals surface area contributed by atoms with Crippen molar-refractivity contribution in [3.05, 3.63) is 48.4 Å². The maximum Gasteiger partial charge on any atom is 0.234 e. The van der Waals surface area contributed by atoms with Crippen molar-refractivity contribution in [1.82, 2.24) is 14.8 Å². The summed E-state index contributed by atoms with van der Waals surface area (Å²) in [5.41, 5.74) is 1.68. The summed E-state index contributed by atoms with van der Waals surface area (Å²) in [5.74, 6) is 1.69. The molecule has 0 aliphatic rings. The number of furan rings is 1. The van der Waals surface area contributed by atoms with Crippen molar-refractivity contribution in [3.63, 3.8) is 0 Å². The molecular weight excluding hydrogens is 364 g/mol. The summed E-state index contributed by atoms with van der Waals surface area (Å²) in [7, 11) is 1.68. The standard InChI is InChI=1S/C19H22N4O3S/c1-14-16(9-12-26-14)18-21-22-19(23(18)10-6-11-25-2)27-13-17(24)20-15-7-4-3-5-8-15/h3-5,7-9,12H,6,10-11,13H2,1-2H3,(H,20,24). The number of benzene rings is 1. The van der Waals surface area contributed by atoms with Gasteiger partial charge >= 0.3 is 0 Å². The number of thioether (sulfide) groups is 1. The maximum absolute atomic E-state index is 12.2. The molecule has 0 atom stereocenters. The van der Waals surface area contributed by atoms with Crippen LogP contribution < -0.4 is 5.32 Å². The highest BCUT2D eigenvalue weighted by Crippen LogP contribution is 2.27. The quantitative estimate of drug-likeness (QED) is 0.447. The highest BCUT2D eigenvalue weighted by atomic mass is 32.2. The van der Waals surface area contributed by atoms with Crippen LogP contribution in [0, 0.1) is 6.92 Å². The molecule has 1 aromatic carbocycles. The Kier molecular flexibility index (Phi) is 6.67. The summed E-state index contributed by atoms with van der Waals surface area (Å²) >= 11 is 1.36. The molecule has 8 heteroatoms. The highest BCUT2D eigenvalue weighted by molar-refractivity contribution is 7.99. The lowest BCUT2D eigenvalue weighted by Crippen LogP contribution is -2.14. The number of anilines is 1. The number of para-hydroxylation sites is 1. The molecule has 0 unspecified atom stereocenters. The predicted molar refractivity (Wildman–Crippen MR) is 105 cm³/mol. The van der Waals surface area contributed by atoms with Gasteiger partial charge in [-0.1, -0.05) is 30.0 Å². The molecule has 27 heavy (non-hydrogen) atoms. The van der Waals surface area contributed by atoms with E-state index in [0.717, 1.165) is 29.3 Å². The molecule has 1 N–H and O–H groups in total. The average Bonchev–Trinajstić information content (AvgIpc) is 3.27. The van der Waals surface area contributed by atoms with E-state index in [9.17, 15) is 4.79 Å². The van der Waals surface area contributed by atoms with Crippen LogP contribution in [0.2, 0.25) is 0 Å². The number of rotatable bonds is 9. The lowest BCUT2D eigenvalue weighted by atomic mass is 10.2. The number of nitrogens with one attached hydrogen (secondary N) is 1. The Hall–Kier alpha value is -2.58. The Bertz CT molecular complexity index is 876. The van der Waals surface area contributed by atoms with Gasteiger partial charge in [0.05, 0.1) is 17.6 Å². The number of aromatic nitrogens is 3. The Balaban J connectivity index is 1.71. The maximum atomic E-state index is 12.2. The summed E-state index contributed by atoms with van der Waals surface area (Å²) in [6.07, 6.45) is 2.46. The van der Waals surface area contributed by atoms with Crippen LogP contribution in [0.5, 0.6) is 0 Å². The lowest BCUT2D eigenvalue weighted by Gasteiger charge is -2.10. The van der Waals surface area contributed by atoms with Crippen LogP contribution in [0.1, 0.15) is 12.2 Å². The SMILES string of the molecule is COCCCn1c(SCC(=O)Nc2ccccc2)nnc1-c1ccoc1C. The minimum Gasteiger partial charge on any atom is -0.469 e. The lowest BCUT2D eigenvalue weighted by molar-refractivity contribution is -0.113. The Morgan fingerprint density at radius 3 is 2.78 bits per heavy atom. The van der Waals surface area contributed by atoms with Gasteiger partial charge in [0.25, 0.3) is 0 Å². The summed E-state index contributed by atoms with van der Waals surface area (Å²) < 4.78 is 12.6. The number of hydrogen-bond acceptors (Lipinski definition) is 6. The molecule has 2 heterocycles. The number of methoxy groups -OCH3 is 1. The predicted octanol–water partition coefficient (Wildman–Crippen LogP) is 3.61. The fourth-order valence-corrected chi connectivity index (χ4v) is 3.39. The zero-order valence-corrected chi connectivity index (χ0v) is 16.2. The zero-order chi connectivity index (χ0) is 19.1. The van der Waals surface area contributed by atoms with Crippen LogP contribution in [-0.4, -0.2) is 40.1 Å². The average molecular weight is 386 g/mol. The van der Waals surface area contributed by atoms with Crippen molar-refractivity contribution >= 4 is 23.4 Å². The summed E-state index contributed by atoms with van der Waals surface area (Å²) in [5, 5.41) is 12.2. The molecular formula is C19H22N4O3S. The van der Waals surface area contributed by atoms with E-state index in [1.807, 2.05) is 47.9 Å². The molecule has 0 radical (unpaired) electrons. The van der Waals surface area contributed by atoms with E-state index in [1.165, 1.54) is 11.8 Å². The van der Waals surface area contributed by atoms with E-state index in [-0.39, 0.29) is 11.7 Å². The van der Waals surface area contributed by atoms with Gasteiger partial charge in [-0.3, -0.25) is 4.79 Å². The first-order valence-corrected chi connectivity index (χ1v) is 9.62. The molecule has 0 aliphatic carbocycles. The Morgan fingerprint density at radius 2 is 2.07 bits per heavy atom. The number of carbonyl (C=O) groups is 1. The fourth-order valence-electron chi connectivity index (χ4n) is 2.63. The van der Waals surface area contributed by atoms with E-state index in [0.29, 0.717) is 18.3 Å². The first-order chi connectivity index (χ1) is 13.2. The summed E-state index contributed by atoms with van der Waals surface area (Å²) in [6.45, 7) is 3.23. The second-order valence-corrected chi connectivity index (χ2v) is 6.84. The van der Waals surface area contributed by atoms with Crippen molar-refractivity contribution in [3.8, 4) is 11.4 Å². The molecule has 2 aromatic heterocycles. The molecule has 7 nitrogen and oxygen atoms in total. The topological polar surface area (TPSA) is 82.2 Å². The minimum atomic E-state index is -0.0846. The second-order valence-electron chi connectivity index (χ2n) is 5.90. The first kappa shape index (κ1) is 19.2. The number of ether oxygens (including phenoxy) is 1. The van der Waals surface area contributed by atoms with Crippen LogP contribution in [-0.2, 0) is 16.1 Å². The number of amides is 1. The second kappa shape index (κ2) is 9.38. The van der Waals surface area contributed by atoms with Crippen molar-refractivity contribution in [2.45, 2.75) is 25.0 Å². The Morgan fingerprint density at radius 1 is 1.26 bits per heavy atom. The molecule has 3 rings (SSSR count). The smallest absolute Gasteiger partial charge is 0.234 e. The summed E-state index contributed by atoms with van der Waals surface area (Å²) in [4.78, 5) is 12.2. The first-order valence-electron chi connectivity index (χ1n) is 8.63. The van der Waals surface area contributed by atoms with Gasteiger partial charge in [0.1, 0.15) is 5.76 Å². The van der Waals surface area contributed by atoms with E-state index in [4.69, 9.17) is 9.15 Å². The minimum absolute atomic E-state index is 0.0846. The van der Waals surface area contributed by atoms with Crippen LogP contribution in [0.15, 0.2) is 52.2 Å². The normalized spacial score (nSPS) is 10.9. The van der Waals surface area contributed by atoms with Crippen molar-refractivity contribution in [2.75, 3.05) is 24.8 Å². The summed E-state index contributed by atoms with van der Waals surface area (Å²) in [6, 6.07) is 11.3. The van der Waals surface area contributed by atoms with E-state index in [1.54, 1.807) is 13.4 Å². The molecule has 3 aromatic rings. The molecule has 1 amide bonds. The Labute approximate surface area is 162 Å². The van der Waals surface area contributed by atoms with E-state index in [2.05, 4.69) is 15.5 Å². The van der Waals surface area contributed by atoms with Crippen molar-refractivity contribution in [1.29, 1.82) is 0 Å². The van der Waals surface area contributed by atoms with Gasteiger partial charge < -0.3 is 19.0 Å². The number of nitrogens with zero attached hydrogens (tertiary/aromatic N) is 3. The third kappa shape index (κ3) is 4.99. The molecule has 142 valence electrons. The third-order valence-corrected chi connectivity index (χ3v) is 4.90. The van der Waals surface area contributed by atoms with Gasteiger partial charge in [-0.25, -0.2) is 0 Å². The zero-order valence-electron chi connectivity index (χ0n) is 15.3. The fraction of sp³-hybridized carbons (Fsp3) is 0.316.